The molecule has 27 heavy (non-hydrogen) atoms. The molecule has 4 heterocycles. The second-order valence-electron chi connectivity index (χ2n) is 8.41. The summed E-state index contributed by atoms with van der Waals surface area (Å²) in [6.07, 6.45) is 2.32. The molecule has 0 radical (unpaired) electrons. The first-order valence-corrected chi connectivity index (χ1v) is 9.82. The molecule has 4 rings (SSSR count). The molecule has 3 saturated heterocycles. The first-order valence-electron chi connectivity index (χ1n) is 9.82. The van der Waals surface area contributed by atoms with E-state index in [2.05, 4.69) is 24.3 Å². The molecular weight excluding hydrogens is 348 g/mol. The van der Waals surface area contributed by atoms with Crippen molar-refractivity contribution in [1.82, 2.24) is 15.4 Å². The van der Waals surface area contributed by atoms with Crippen LogP contribution in [0.4, 0.5) is 0 Å². The summed E-state index contributed by atoms with van der Waals surface area (Å²) in [5.41, 5.74) is 6.01. The number of carbonyl (C=O) groups excluding carboxylic acids is 2. The summed E-state index contributed by atoms with van der Waals surface area (Å²) < 4.78 is 11.5. The van der Waals surface area contributed by atoms with Gasteiger partial charge in [0.25, 0.3) is 0 Å². The first kappa shape index (κ1) is 18.4. The largest absolute Gasteiger partial charge is 0.368 e. The number of amides is 2. The number of nitrogens with zero attached hydrogens (tertiary/aromatic N) is 2. The van der Waals surface area contributed by atoms with Crippen LogP contribution in [0.3, 0.4) is 0 Å². The predicted octanol–water partition coefficient (Wildman–Crippen LogP) is 0.454. The average Bonchev–Trinajstić information content (AvgIpc) is 3.35. The van der Waals surface area contributed by atoms with E-state index in [1.807, 2.05) is 6.07 Å². The van der Waals surface area contributed by atoms with Crippen LogP contribution in [0.1, 0.15) is 38.1 Å². The standard InChI is InChI=1S/C19H28N4O4/c1-11(2)7-12-8-13(27-22-12)9-21-17(24)15-14-3-4-19(26-14)10-23(6-5-20)18(25)16(15)19/h8,11,14-16H,3-7,9-10,20H2,1-2H3,(H,21,24)/t14-,15-,16+,19-/m0/s1. The summed E-state index contributed by atoms with van der Waals surface area (Å²) in [6.45, 7) is 5.98. The van der Waals surface area contributed by atoms with Crippen LogP contribution in [0.2, 0.25) is 0 Å². The maximum atomic E-state index is 12.9. The Hall–Kier alpha value is -1.93. The van der Waals surface area contributed by atoms with Crippen molar-refractivity contribution in [3.05, 3.63) is 17.5 Å². The van der Waals surface area contributed by atoms with Crippen molar-refractivity contribution in [2.45, 2.75) is 51.4 Å². The molecule has 1 aromatic heterocycles. The highest BCUT2D eigenvalue weighted by atomic mass is 16.5. The Kier molecular flexibility index (Phi) is 4.71. The van der Waals surface area contributed by atoms with Gasteiger partial charge in [0.2, 0.25) is 11.8 Å². The van der Waals surface area contributed by atoms with Crippen molar-refractivity contribution in [2.24, 2.45) is 23.5 Å². The molecule has 4 atom stereocenters. The highest BCUT2D eigenvalue weighted by molar-refractivity contribution is 5.92. The molecule has 3 fully saturated rings. The summed E-state index contributed by atoms with van der Waals surface area (Å²) in [5.74, 6) is 0.143. The van der Waals surface area contributed by atoms with Gasteiger partial charge < -0.3 is 25.2 Å². The molecule has 3 aliphatic heterocycles. The Labute approximate surface area is 158 Å². The second-order valence-corrected chi connectivity index (χ2v) is 8.41. The van der Waals surface area contributed by atoms with E-state index >= 15 is 0 Å². The fourth-order valence-corrected chi connectivity index (χ4v) is 4.93. The summed E-state index contributed by atoms with van der Waals surface area (Å²) in [4.78, 5) is 27.5. The Bertz CT molecular complexity index is 733. The van der Waals surface area contributed by atoms with Gasteiger partial charge in [-0.25, -0.2) is 0 Å². The van der Waals surface area contributed by atoms with Crippen molar-refractivity contribution in [3.8, 4) is 0 Å². The number of likely N-dealkylation sites (tertiary alicyclic amines) is 1. The molecule has 1 aromatic rings. The van der Waals surface area contributed by atoms with Gasteiger partial charge in [-0.15, -0.1) is 0 Å². The number of nitrogens with one attached hydrogen (secondary N) is 1. The maximum absolute atomic E-state index is 12.9. The van der Waals surface area contributed by atoms with E-state index in [9.17, 15) is 9.59 Å². The lowest BCUT2D eigenvalue weighted by molar-refractivity contribution is -0.138. The lowest BCUT2D eigenvalue weighted by Crippen LogP contribution is -2.45. The number of rotatable bonds is 7. The molecule has 2 bridgehead atoms. The van der Waals surface area contributed by atoms with Crippen LogP contribution < -0.4 is 11.1 Å². The van der Waals surface area contributed by atoms with Gasteiger partial charge in [-0.3, -0.25) is 9.59 Å². The van der Waals surface area contributed by atoms with Gasteiger partial charge in [-0.1, -0.05) is 19.0 Å². The molecule has 3 N–H and O–H groups in total. The van der Waals surface area contributed by atoms with E-state index in [1.54, 1.807) is 4.90 Å². The number of hydrogen-bond acceptors (Lipinski definition) is 6. The minimum atomic E-state index is -0.504. The molecule has 0 saturated carbocycles. The minimum Gasteiger partial charge on any atom is -0.368 e. The quantitative estimate of drug-likeness (QED) is 0.715. The van der Waals surface area contributed by atoms with Crippen molar-refractivity contribution in [3.63, 3.8) is 0 Å². The molecule has 3 aliphatic rings. The summed E-state index contributed by atoms with van der Waals surface area (Å²) >= 11 is 0. The third-order valence-electron chi connectivity index (χ3n) is 5.96. The number of hydrogen-bond donors (Lipinski definition) is 2. The van der Waals surface area contributed by atoms with Crippen LogP contribution in [0.15, 0.2) is 10.6 Å². The van der Waals surface area contributed by atoms with E-state index in [0.717, 1.165) is 25.0 Å². The Morgan fingerprint density at radius 3 is 3.07 bits per heavy atom. The lowest BCUT2D eigenvalue weighted by Gasteiger charge is -2.26. The smallest absolute Gasteiger partial charge is 0.229 e. The summed E-state index contributed by atoms with van der Waals surface area (Å²) in [6, 6.07) is 1.88. The van der Waals surface area contributed by atoms with Gasteiger partial charge in [0.1, 0.15) is 0 Å². The molecule has 8 heteroatoms. The second kappa shape index (κ2) is 6.91. The van der Waals surface area contributed by atoms with Gasteiger partial charge in [-0.2, -0.15) is 0 Å². The van der Waals surface area contributed by atoms with Crippen LogP contribution in [0.25, 0.3) is 0 Å². The lowest BCUT2D eigenvalue weighted by atomic mass is 9.73. The van der Waals surface area contributed by atoms with Gasteiger partial charge in [0.05, 0.1) is 42.3 Å². The van der Waals surface area contributed by atoms with E-state index in [4.69, 9.17) is 15.0 Å². The highest BCUT2D eigenvalue weighted by Crippen LogP contribution is 2.55. The average molecular weight is 376 g/mol. The van der Waals surface area contributed by atoms with Crippen LogP contribution >= 0.6 is 0 Å². The predicted molar refractivity (Wildman–Crippen MR) is 96.3 cm³/mol. The number of aromatic nitrogens is 1. The zero-order valence-corrected chi connectivity index (χ0v) is 15.9. The van der Waals surface area contributed by atoms with Gasteiger partial charge in [-0.05, 0) is 25.2 Å². The number of ether oxygens (including phenoxy) is 1. The van der Waals surface area contributed by atoms with E-state index in [-0.39, 0.29) is 24.5 Å². The van der Waals surface area contributed by atoms with Crippen LogP contribution in [0, 0.1) is 17.8 Å². The fraction of sp³-hybridized carbons (Fsp3) is 0.737. The van der Waals surface area contributed by atoms with E-state index in [0.29, 0.717) is 31.3 Å². The Morgan fingerprint density at radius 2 is 2.33 bits per heavy atom. The molecule has 8 nitrogen and oxygen atoms in total. The van der Waals surface area contributed by atoms with Gasteiger partial charge >= 0.3 is 0 Å². The Morgan fingerprint density at radius 1 is 1.52 bits per heavy atom. The topological polar surface area (TPSA) is 111 Å². The Balaban J connectivity index is 1.42. The van der Waals surface area contributed by atoms with Gasteiger partial charge in [0, 0.05) is 19.2 Å². The van der Waals surface area contributed by atoms with Crippen molar-refractivity contribution >= 4 is 11.8 Å². The van der Waals surface area contributed by atoms with Crippen LogP contribution in [-0.4, -0.2) is 53.2 Å². The molecule has 148 valence electrons. The molecule has 0 aliphatic carbocycles. The molecular formula is C19H28N4O4. The molecule has 0 aromatic carbocycles. The zero-order valence-electron chi connectivity index (χ0n) is 15.9. The number of nitrogens with two attached hydrogens (primary N) is 1. The highest BCUT2D eigenvalue weighted by Gasteiger charge is 2.68. The first-order chi connectivity index (χ1) is 12.9. The van der Waals surface area contributed by atoms with Gasteiger partial charge in [0.15, 0.2) is 5.76 Å². The van der Waals surface area contributed by atoms with Crippen molar-refractivity contribution in [2.75, 3.05) is 19.6 Å². The fourth-order valence-electron chi connectivity index (χ4n) is 4.93. The SMILES string of the molecule is CC(C)Cc1cc(CNC(=O)[C@H]2[C@@H]3CC[C@@]4(CN(CCN)C(=O)[C@@H]24)O3)on1. The zero-order chi connectivity index (χ0) is 19.2. The molecule has 1 spiro atoms. The van der Waals surface area contributed by atoms with Crippen LogP contribution in [-0.2, 0) is 27.3 Å². The van der Waals surface area contributed by atoms with Crippen molar-refractivity contribution in [1.29, 1.82) is 0 Å². The molecule has 0 unspecified atom stereocenters. The monoisotopic (exact) mass is 376 g/mol. The summed E-state index contributed by atoms with van der Waals surface area (Å²) in [7, 11) is 0. The minimum absolute atomic E-state index is 0.00156. The number of carbonyl (C=O) groups is 2. The third kappa shape index (κ3) is 3.14. The maximum Gasteiger partial charge on any atom is 0.229 e. The van der Waals surface area contributed by atoms with Crippen LogP contribution in [0.5, 0.6) is 0 Å². The van der Waals surface area contributed by atoms with E-state index in [1.165, 1.54) is 0 Å². The number of fused-ring (bicyclic) bond motifs is 1. The van der Waals surface area contributed by atoms with E-state index < -0.39 is 17.4 Å². The molecule has 2 amide bonds. The third-order valence-corrected chi connectivity index (χ3v) is 5.96. The summed E-state index contributed by atoms with van der Waals surface area (Å²) in [5, 5.41) is 6.96. The normalized spacial score (nSPS) is 31.8. The van der Waals surface area contributed by atoms with Crippen molar-refractivity contribution < 1.29 is 18.8 Å².